The van der Waals surface area contributed by atoms with Crippen molar-refractivity contribution in [3.05, 3.63) is 39.7 Å². The first-order chi connectivity index (χ1) is 11.6. The first kappa shape index (κ1) is 18.5. The number of carbonyl (C=O) groups is 1. The summed E-state index contributed by atoms with van der Waals surface area (Å²) in [7, 11) is 1.07. The summed E-state index contributed by atoms with van der Waals surface area (Å²) in [5.74, 6) is -2.27. The predicted molar refractivity (Wildman–Crippen MR) is 78.0 cm³/mol. The average molecular weight is 362 g/mol. The van der Waals surface area contributed by atoms with Crippen molar-refractivity contribution in [2.24, 2.45) is 0 Å². The molecule has 1 atom stereocenters. The summed E-state index contributed by atoms with van der Waals surface area (Å²) in [6.45, 7) is -0.756. The largest absolute Gasteiger partial charge is 0.507 e. The predicted octanol–water partition coefficient (Wildman–Crippen LogP) is 0.449. The van der Waals surface area contributed by atoms with Gasteiger partial charge in [0.2, 0.25) is 0 Å². The molecule has 0 bridgehead atoms. The number of rotatable bonds is 5. The van der Waals surface area contributed by atoms with Gasteiger partial charge in [-0.25, -0.2) is 0 Å². The van der Waals surface area contributed by atoms with Crippen LogP contribution in [0.1, 0.15) is 17.4 Å². The average Bonchev–Trinajstić information content (AvgIpc) is 2.52. The van der Waals surface area contributed by atoms with Gasteiger partial charge < -0.3 is 20.2 Å². The Bertz CT molecular complexity index is 877. The lowest BCUT2D eigenvalue weighted by Crippen LogP contribution is -2.35. The fourth-order valence-corrected chi connectivity index (χ4v) is 2.26. The van der Waals surface area contributed by atoms with E-state index >= 15 is 0 Å². The molecule has 0 saturated carbocycles. The second kappa shape index (κ2) is 6.61. The molecule has 0 radical (unpaired) electrons. The maximum absolute atomic E-state index is 12.9. The molecular weight excluding hydrogens is 349 g/mol. The van der Waals surface area contributed by atoms with Crippen molar-refractivity contribution < 1.29 is 38.1 Å². The molecule has 25 heavy (non-hydrogen) atoms. The first-order valence-electron chi connectivity index (χ1n) is 6.74. The molecule has 11 heteroatoms. The maximum atomic E-state index is 12.9. The van der Waals surface area contributed by atoms with E-state index in [1.54, 1.807) is 0 Å². The number of aromatic nitrogens is 1. The van der Waals surface area contributed by atoms with Crippen LogP contribution >= 0.6 is 0 Å². The van der Waals surface area contributed by atoms with Crippen LogP contribution in [-0.2, 0) is 11.0 Å². The summed E-state index contributed by atoms with van der Waals surface area (Å²) < 4.78 is 39.2. The van der Waals surface area contributed by atoms with Gasteiger partial charge in [-0.1, -0.05) is 0 Å². The van der Waals surface area contributed by atoms with E-state index < -0.39 is 52.7 Å². The van der Waals surface area contributed by atoms with Gasteiger partial charge in [0.1, 0.15) is 24.7 Å². The molecule has 0 spiro atoms. The number of aromatic hydroxyl groups is 1. The molecule has 1 unspecified atom stereocenters. The number of hydrogen-bond acceptors (Lipinski definition) is 6. The van der Waals surface area contributed by atoms with Gasteiger partial charge in [-0.2, -0.15) is 13.2 Å². The van der Waals surface area contributed by atoms with Gasteiger partial charge in [0.15, 0.2) is 0 Å². The topological polar surface area (TPSA) is 121 Å². The molecule has 0 saturated heterocycles. The van der Waals surface area contributed by atoms with Gasteiger partial charge in [-0.3, -0.25) is 14.9 Å². The van der Waals surface area contributed by atoms with Crippen LogP contribution in [0.2, 0.25) is 0 Å². The van der Waals surface area contributed by atoms with E-state index in [1.165, 1.54) is 0 Å². The molecule has 2 aromatic rings. The van der Waals surface area contributed by atoms with Crippen LogP contribution in [0.25, 0.3) is 10.9 Å². The van der Waals surface area contributed by atoms with Crippen LogP contribution in [0.5, 0.6) is 5.75 Å². The number of nitrogens with one attached hydrogen (secondary N) is 1. The lowest BCUT2D eigenvalue weighted by Gasteiger charge is -2.18. The number of aliphatic hydroxyl groups is 1. The van der Waals surface area contributed by atoms with E-state index in [0.29, 0.717) is 16.9 Å². The molecular formula is C14H13F3N2O6. The normalized spacial score (nSPS) is 13.0. The minimum atomic E-state index is -4.70. The Morgan fingerprint density at radius 1 is 1.40 bits per heavy atom. The van der Waals surface area contributed by atoms with E-state index in [9.17, 15) is 33.0 Å². The summed E-state index contributed by atoms with van der Waals surface area (Å²) in [5, 5.41) is 30.3. The first-order valence-corrected chi connectivity index (χ1v) is 6.74. The minimum absolute atomic E-state index is 0.160. The number of halogens is 3. The Morgan fingerprint density at radius 2 is 2.04 bits per heavy atom. The lowest BCUT2D eigenvalue weighted by atomic mass is 10.1. The zero-order valence-electron chi connectivity index (χ0n) is 12.7. The molecule has 136 valence electrons. The molecule has 8 nitrogen and oxygen atoms in total. The quantitative estimate of drug-likeness (QED) is 0.570. The maximum Gasteiger partial charge on any atom is 0.416 e. The van der Waals surface area contributed by atoms with Crippen molar-refractivity contribution in [1.82, 2.24) is 10.0 Å². The highest BCUT2D eigenvalue weighted by atomic mass is 19.4. The van der Waals surface area contributed by atoms with Crippen LogP contribution in [0.3, 0.4) is 0 Å². The summed E-state index contributed by atoms with van der Waals surface area (Å²) in [5.41, 5.74) is -3.05. The van der Waals surface area contributed by atoms with Gasteiger partial charge in [0.05, 0.1) is 17.6 Å². The molecule has 2 rings (SSSR count). The number of carboxylic acid groups (broad SMARTS) is 1. The fourth-order valence-electron chi connectivity index (χ4n) is 2.26. The second-order valence-electron chi connectivity index (χ2n) is 4.95. The molecule has 0 aliphatic carbocycles. The summed E-state index contributed by atoms with van der Waals surface area (Å²) in [4.78, 5) is 27.6. The summed E-state index contributed by atoms with van der Waals surface area (Å²) in [6.07, 6.45) is -6.64. The molecule has 0 aliphatic heterocycles. The third-order valence-electron chi connectivity index (χ3n) is 3.37. The van der Waals surface area contributed by atoms with E-state index in [4.69, 9.17) is 9.94 Å². The van der Waals surface area contributed by atoms with Crippen LogP contribution in [-0.4, -0.2) is 39.7 Å². The zero-order chi connectivity index (χ0) is 18.9. The van der Waals surface area contributed by atoms with Gasteiger partial charge in [-0.15, -0.1) is 4.73 Å². The minimum Gasteiger partial charge on any atom is -0.507 e. The van der Waals surface area contributed by atoms with Crippen molar-refractivity contribution in [3.63, 3.8) is 0 Å². The Morgan fingerprint density at radius 3 is 2.56 bits per heavy atom. The molecule has 1 heterocycles. The van der Waals surface area contributed by atoms with E-state index in [-0.39, 0.29) is 5.52 Å². The zero-order valence-corrected chi connectivity index (χ0v) is 12.7. The fraction of sp³-hybridized carbons (Fsp3) is 0.286. The van der Waals surface area contributed by atoms with Crippen molar-refractivity contribution in [2.75, 3.05) is 13.7 Å². The third kappa shape index (κ3) is 3.51. The van der Waals surface area contributed by atoms with Crippen LogP contribution in [0.15, 0.2) is 23.0 Å². The van der Waals surface area contributed by atoms with Crippen LogP contribution in [0, 0.1) is 0 Å². The summed E-state index contributed by atoms with van der Waals surface area (Å²) in [6, 6.07) is 2.23. The standard InChI is InChI=1S/C14H13F3N2O6/c1-25-19-8-3-2-6(14(15,16)17)4-7(8)11(22)10(13(19)24)12(23)18-5-9(20)21/h2-4,12,18,22-23H,5H2,1H3,(H,20,21). The van der Waals surface area contributed by atoms with Gasteiger partial charge in [0, 0.05) is 5.39 Å². The highest BCUT2D eigenvalue weighted by Gasteiger charge is 2.32. The molecule has 1 aromatic heterocycles. The molecule has 4 N–H and O–H groups in total. The Balaban J connectivity index is 2.73. The molecule has 0 fully saturated rings. The number of alkyl halides is 3. The van der Waals surface area contributed by atoms with Crippen molar-refractivity contribution in [1.29, 1.82) is 0 Å². The highest BCUT2D eigenvalue weighted by Crippen LogP contribution is 2.35. The van der Waals surface area contributed by atoms with Crippen molar-refractivity contribution in [2.45, 2.75) is 12.4 Å². The number of carboxylic acids is 1. The molecule has 0 amide bonds. The SMILES string of the molecule is COn1c(=O)c(C(O)NCC(=O)O)c(O)c2cc(C(F)(F)F)ccc21. The number of nitrogens with zero attached hydrogens (tertiary/aromatic N) is 1. The monoisotopic (exact) mass is 362 g/mol. The van der Waals surface area contributed by atoms with Gasteiger partial charge in [-0.05, 0) is 18.2 Å². The molecule has 1 aromatic carbocycles. The van der Waals surface area contributed by atoms with Crippen molar-refractivity contribution >= 4 is 16.9 Å². The number of fused-ring (bicyclic) bond motifs is 1. The Kier molecular flexibility index (Phi) is 4.90. The van der Waals surface area contributed by atoms with Crippen molar-refractivity contribution in [3.8, 4) is 5.75 Å². The molecule has 0 aliphatic rings. The number of aliphatic hydroxyl groups excluding tert-OH is 1. The van der Waals surface area contributed by atoms with Crippen LogP contribution < -0.4 is 15.7 Å². The Labute approximate surface area is 137 Å². The number of aliphatic carboxylic acids is 1. The highest BCUT2D eigenvalue weighted by molar-refractivity contribution is 5.87. The number of hydrogen-bond donors (Lipinski definition) is 4. The number of benzene rings is 1. The van der Waals surface area contributed by atoms with E-state index in [1.807, 2.05) is 5.32 Å². The Hall–Kier alpha value is -2.79. The summed E-state index contributed by atoms with van der Waals surface area (Å²) >= 11 is 0. The number of pyridine rings is 1. The van der Waals surface area contributed by atoms with Crippen LogP contribution in [0.4, 0.5) is 13.2 Å². The van der Waals surface area contributed by atoms with Gasteiger partial charge >= 0.3 is 12.1 Å². The third-order valence-corrected chi connectivity index (χ3v) is 3.37. The van der Waals surface area contributed by atoms with Gasteiger partial charge in [0.25, 0.3) is 5.56 Å². The lowest BCUT2D eigenvalue weighted by molar-refractivity contribution is -0.138. The smallest absolute Gasteiger partial charge is 0.416 e. The van der Waals surface area contributed by atoms with E-state index in [2.05, 4.69) is 0 Å². The second-order valence-corrected chi connectivity index (χ2v) is 4.95. The van der Waals surface area contributed by atoms with E-state index in [0.717, 1.165) is 13.2 Å².